The van der Waals surface area contributed by atoms with E-state index in [2.05, 4.69) is 34.9 Å². The summed E-state index contributed by atoms with van der Waals surface area (Å²) in [6.45, 7) is 5.84. The Morgan fingerprint density at radius 3 is 2.85 bits per heavy atom. The fraction of sp³-hybridized carbons (Fsp3) is 0.667. The SMILES string of the molecule is CC(C)Cc1c(Br)cnn1CCN. The standard InChI is InChI=1S/C9H16BrN3/c1-7(2)5-9-8(10)6-12-13(9)4-3-11/h6-7H,3-5,11H2,1-2H3. The Bertz CT molecular complexity index is 268. The van der Waals surface area contributed by atoms with Crippen LogP contribution in [0.5, 0.6) is 0 Å². The molecule has 1 aromatic heterocycles. The average Bonchev–Trinajstić information content (AvgIpc) is 2.36. The molecule has 0 aliphatic heterocycles. The summed E-state index contributed by atoms with van der Waals surface area (Å²) < 4.78 is 3.07. The Labute approximate surface area is 87.4 Å². The largest absolute Gasteiger partial charge is 0.329 e. The Morgan fingerprint density at radius 2 is 2.31 bits per heavy atom. The van der Waals surface area contributed by atoms with Crippen LogP contribution in [0.3, 0.4) is 0 Å². The third-order valence-corrected chi connectivity index (χ3v) is 2.50. The molecule has 1 aromatic rings. The first-order valence-corrected chi connectivity index (χ1v) is 5.34. The van der Waals surface area contributed by atoms with Gasteiger partial charge in [-0.25, -0.2) is 0 Å². The van der Waals surface area contributed by atoms with Crippen molar-refractivity contribution in [2.45, 2.75) is 26.8 Å². The molecular weight excluding hydrogens is 230 g/mol. The van der Waals surface area contributed by atoms with Gasteiger partial charge in [-0.2, -0.15) is 5.10 Å². The molecule has 0 radical (unpaired) electrons. The smallest absolute Gasteiger partial charge is 0.0635 e. The van der Waals surface area contributed by atoms with E-state index in [0.717, 1.165) is 17.4 Å². The molecule has 13 heavy (non-hydrogen) atoms. The number of nitrogens with two attached hydrogens (primary N) is 1. The maximum absolute atomic E-state index is 5.49. The fourth-order valence-electron chi connectivity index (χ4n) is 1.29. The van der Waals surface area contributed by atoms with Gasteiger partial charge in [-0.05, 0) is 28.3 Å². The van der Waals surface area contributed by atoms with E-state index in [9.17, 15) is 0 Å². The second-order valence-corrected chi connectivity index (χ2v) is 4.40. The van der Waals surface area contributed by atoms with Crippen LogP contribution in [0.15, 0.2) is 10.7 Å². The fourth-order valence-corrected chi connectivity index (χ4v) is 1.75. The molecule has 1 heterocycles. The maximum atomic E-state index is 5.49. The Hall–Kier alpha value is -0.350. The van der Waals surface area contributed by atoms with Crippen molar-refractivity contribution in [1.29, 1.82) is 0 Å². The molecule has 3 nitrogen and oxygen atoms in total. The molecule has 4 heteroatoms. The third kappa shape index (κ3) is 2.81. The molecule has 0 aliphatic rings. The van der Waals surface area contributed by atoms with Gasteiger partial charge in [-0.15, -0.1) is 0 Å². The van der Waals surface area contributed by atoms with Crippen molar-refractivity contribution in [3.63, 3.8) is 0 Å². The van der Waals surface area contributed by atoms with Crippen molar-refractivity contribution in [2.24, 2.45) is 11.7 Å². The lowest BCUT2D eigenvalue weighted by molar-refractivity contribution is 0.547. The van der Waals surface area contributed by atoms with Gasteiger partial charge in [0.1, 0.15) is 0 Å². The molecule has 0 unspecified atom stereocenters. The van der Waals surface area contributed by atoms with Crippen LogP contribution in [0.2, 0.25) is 0 Å². The van der Waals surface area contributed by atoms with Crippen molar-refractivity contribution in [3.05, 3.63) is 16.4 Å². The van der Waals surface area contributed by atoms with E-state index in [1.54, 1.807) is 0 Å². The van der Waals surface area contributed by atoms with Crippen molar-refractivity contribution < 1.29 is 0 Å². The van der Waals surface area contributed by atoms with E-state index >= 15 is 0 Å². The zero-order valence-corrected chi connectivity index (χ0v) is 9.71. The summed E-state index contributed by atoms with van der Waals surface area (Å²) in [5.74, 6) is 0.643. The monoisotopic (exact) mass is 245 g/mol. The number of hydrogen-bond acceptors (Lipinski definition) is 2. The van der Waals surface area contributed by atoms with Crippen molar-refractivity contribution >= 4 is 15.9 Å². The molecule has 0 aromatic carbocycles. The quantitative estimate of drug-likeness (QED) is 0.880. The van der Waals surface area contributed by atoms with Crippen LogP contribution < -0.4 is 5.73 Å². The molecule has 0 saturated heterocycles. The van der Waals surface area contributed by atoms with Crippen LogP contribution in [-0.4, -0.2) is 16.3 Å². The van der Waals surface area contributed by atoms with Crippen molar-refractivity contribution in [1.82, 2.24) is 9.78 Å². The first-order valence-electron chi connectivity index (χ1n) is 4.55. The first kappa shape index (κ1) is 10.7. The van der Waals surface area contributed by atoms with Gasteiger partial charge in [-0.3, -0.25) is 4.68 Å². The average molecular weight is 246 g/mol. The topological polar surface area (TPSA) is 43.8 Å². The molecule has 2 N–H and O–H groups in total. The molecule has 0 bridgehead atoms. The molecule has 0 amide bonds. The van der Waals surface area contributed by atoms with Crippen LogP contribution >= 0.6 is 15.9 Å². The number of hydrogen-bond donors (Lipinski definition) is 1. The van der Waals surface area contributed by atoms with E-state index in [1.165, 1.54) is 5.69 Å². The predicted molar refractivity (Wildman–Crippen MR) is 57.5 cm³/mol. The van der Waals surface area contributed by atoms with E-state index in [1.807, 2.05) is 10.9 Å². The summed E-state index contributed by atoms with van der Waals surface area (Å²) in [5.41, 5.74) is 6.74. The van der Waals surface area contributed by atoms with Crippen LogP contribution in [0, 0.1) is 5.92 Å². The van der Waals surface area contributed by atoms with Crippen LogP contribution in [0.25, 0.3) is 0 Å². The van der Waals surface area contributed by atoms with E-state index in [0.29, 0.717) is 12.5 Å². The minimum absolute atomic E-state index is 0.638. The molecule has 0 saturated carbocycles. The minimum atomic E-state index is 0.638. The summed E-state index contributed by atoms with van der Waals surface area (Å²) in [6.07, 6.45) is 2.88. The Balaban J connectivity index is 2.81. The predicted octanol–water partition coefficient (Wildman–Crippen LogP) is 1.80. The van der Waals surface area contributed by atoms with Gasteiger partial charge in [0.25, 0.3) is 0 Å². The second kappa shape index (κ2) is 4.77. The lowest BCUT2D eigenvalue weighted by Crippen LogP contribution is -2.14. The van der Waals surface area contributed by atoms with E-state index < -0.39 is 0 Å². The third-order valence-electron chi connectivity index (χ3n) is 1.84. The molecule has 1 rings (SSSR count). The zero-order valence-electron chi connectivity index (χ0n) is 8.13. The van der Waals surface area contributed by atoms with Gasteiger partial charge in [0, 0.05) is 6.54 Å². The minimum Gasteiger partial charge on any atom is -0.329 e. The maximum Gasteiger partial charge on any atom is 0.0635 e. The lowest BCUT2D eigenvalue weighted by Gasteiger charge is -2.08. The summed E-state index contributed by atoms with van der Waals surface area (Å²) in [5, 5.41) is 4.25. The molecule has 0 spiro atoms. The van der Waals surface area contributed by atoms with Crippen LogP contribution in [0.4, 0.5) is 0 Å². The summed E-state index contributed by atoms with van der Waals surface area (Å²) in [6, 6.07) is 0. The Morgan fingerprint density at radius 1 is 1.62 bits per heavy atom. The van der Waals surface area contributed by atoms with Gasteiger partial charge >= 0.3 is 0 Å². The summed E-state index contributed by atoms with van der Waals surface area (Å²) in [4.78, 5) is 0. The highest BCUT2D eigenvalue weighted by atomic mass is 79.9. The van der Waals surface area contributed by atoms with Gasteiger partial charge in [0.2, 0.25) is 0 Å². The van der Waals surface area contributed by atoms with E-state index in [4.69, 9.17) is 5.73 Å². The lowest BCUT2D eigenvalue weighted by atomic mass is 10.1. The molecule has 0 atom stereocenters. The normalized spacial score (nSPS) is 11.2. The van der Waals surface area contributed by atoms with Gasteiger partial charge in [-0.1, -0.05) is 13.8 Å². The number of nitrogens with zero attached hydrogens (tertiary/aromatic N) is 2. The summed E-state index contributed by atoms with van der Waals surface area (Å²) >= 11 is 3.49. The van der Waals surface area contributed by atoms with Gasteiger partial charge < -0.3 is 5.73 Å². The van der Waals surface area contributed by atoms with Gasteiger partial charge in [0.15, 0.2) is 0 Å². The van der Waals surface area contributed by atoms with Crippen LogP contribution in [-0.2, 0) is 13.0 Å². The van der Waals surface area contributed by atoms with Crippen molar-refractivity contribution in [3.8, 4) is 0 Å². The highest BCUT2D eigenvalue weighted by Gasteiger charge is 2.09. The number of aromatic nitrogens is 2. The number of rotatable bonds is 4. The summed E-state index contributed by atoms with van der Waals surface area (Å²) in [7, 11) is 0. The zero-order chi connectivity index (χ0) is 9.84. The molecular formula is C9H16BrN3. The molecule has 0 fully saturated rings. The molecule has 74 valence electrons. The highest BCUT2D eigenvalue weighted by molar-refractivity contribution is 9.10. The first-order chi connectivity index (χ1) is 6.15. The van der Waals surface area contributed by atoms with Crippen molar-refractivity contribution in [2.75, 3.05) is 6.54 Å². The van der Waals surface area contributed by atoms with Gasteiger partial charge in [0.05, 0.1) is 22.9 Å². The highest BCUT2D eigenvalue weighted by Crippen LogP contribution is 2.19. The van der Waals surface area contributed by atoms with Crippen LogP contribution in [0.1, 0.15) is 19.5 Å². The Kier molecular flexibility index (Phi) is 3.93. The second-order valence-electron chi connectivity index (χ2n) is 3.55. The number of halogens is 1. The molecule has 0 aliphatic carbocycles. The van der Waals surface area contributed by atoms with E-state index in [-0.39, 0.29) is 0 Å².